The maximum Gasteiger partial charge on any atom is 0.174 e. The molecule has 164 valence electrons. The highest BCUT2D eigenvalue weighted by Crippen LogP contribution is 2.34. The number of hydrogen-bond acceptors (Lipinski definition) is 5. The van der Waals surface area contributed by atoms with Gasteiger partial charge in [-0.1, -0.05) is 65.8 Å². The van der Waals surface area contributed by atoms with Gasteiger partial charge in [-0.15, -0.1) is 0 Å². The molecule has 0 radical (unpaired) electrons. The summed E-state index contributed by atoms with van der Waals surface area (Å²) >= 11 is 2.23. The number of rotatable bonds is 8. The topological polar surface area (TPSA) is 63.8 Å². The molecule has 4 rings (SSSR count). The van der Waals surface area contributed by atoms with Gasteiger partial charge in [-0.05, 0) is 57.1 Å². The monoisotopic (exact) mass is 548 g/mol. The van der Waals surface area contributed by atoms with Crippen LogP contribution in [0, 0.1) is 14.9 Å². The molecule has 0 aliphatic rings. The summed E-state index contributed by atoms with van der Waals surface area (Å²) in [6.07, 6.45) is 1.62. The van der Waals surface area contributed by atoms with Crippen LogP contribution in [0.1, 0.15) is 22.3 Å². The minimum Gasteiger partial charge on any atom is -0.493 e. The molecule has 0 N–H and O–H groups in total. The first kappa shape index (κ1) is 22.6. The number of oxime groups is 1. The Hall–Kier alpha value is -3.57. The third-order valence-electron chi connectivity index (χ3n) is 5.14. The van der Waals surface area contributed by atoms with Crippen LogP contribution in [0.2, 0.25) is 0 Å². The molecular weight excluding hydrogens is 527 g/mol. The Kier molecular flexibility index (Phi) is 7.43. The van der Waals surface area contributed by atoms with E-state index in [4.69, 9.17) is 19.6 Å². The second-order valence-electron chi connectivity index (χ2n) is 7.24. The summed E-state index contributed by atoms with van der Waals surface area (Å²) in [6, 6.07) is 27.7. The van der Waals surface area contributed by atoms with Crippen molar-refractivity contribution >= 4 is 39.6 Å². The summed E-state index contributed by atoms with van der Waals surface area (Å²) in [5.74, 6) is 1.31. The van der Waals surface area contributed by atoms with Crippen molar-refractivity contribution in [1.82, 2.24) is 0 Å². The highest BCUT2D eigenvalue weighted by molar-refractivity contribution is 14.1. The van der Waals surface area contributed by atoms with E-state index >= 15 is 0 Å². The Balaban J connectivity index is 1.46. The molecule has 33 heavy (non-hydrogen) atoms. The fourth-order valence-corrected chi connectivity index (χ4v) is 4.26. The van der Waals surface area contributed by atoms with Crippen LogP contribution in [-0.2, 0) is 18.1 Å². The smallest absolute Gasteiger partial charge is 0.174 e. The van der Waals surface area contributed by atoms with Gasteiger partial charge in [-0.3, -0.25) is 0 Å². The van der Waals surface area contributed by atoms with Crippen LogP contribution in [0.5, 0.6) is 11.5 Å². The Morgan fingerprint density at radius 3 is 2.55 bits per heavy atom. The largest absolute Gasteiger partial charge is 0.493 e. The number of methoxy groups -OCH3 is 1. The van der Waals surface area contributed by atoms with Crippen molar-refractivity contribution in [2.75, 3.05) is 7.11 Å². The van der Waals surface area contributed by atoms with E-state index in [0.717, 1.165) is 20.3 Å². The third kappa shape index (κ3) is 5.44. The van der Waals surface area contributed by atoms with Gasteiger partial charge in [0, 0.05) is 11.1 Å². The predicted octanol–water partition coefficient (Wildman–Crippen LogP) is 6.45. The summed E-state index contributed by atoms with van der Waals surface area (Å²) in [5.41, 5.74) is 3.31. The van der Waals surface area contributed by atoms with Crippen LogP contribution in [0.4, 0.5) is 0 Å². The van der Waals surface area contributed by atoms with Crippen molar-refractivity contribution in [3.63, 3.8) is 0 Å². The van der Waals surface area contributed by atoms with Crippen LogP contribution in [-0.4, -0.2) is 13.3 Å². The quantitative estimate of drug-likeness (QED) is 0.144. The van der Waals surface area contributed by atoms with Gasteiger partial charge in [0.15, 0.2) is 11.5 Å². The lowest BCUT2D eigenvalue weighted by Crippen LogP contribution is -2.01. The van der Waals surface area contributed by atoms with Gasteiger partial charge in [0.25, 0.3) is 0 Å². The summed E-state index contributed by atoms with van der Waals surface area (Å²) in [4.78, 5) is 5.40. The molecule has 4 aromatic rings. The molecule has 4 aromatic carbocycles. The first-order chi connectivity index (χ1) is 16.2. The highest BCUT2D eigenvalue weighted by atomic mass is 127. The summed E-state index contributed by atoms with van der Waals surface area (Å²) in [6.45, 7) is 0.656. The van der Waals surface area contributed by atoms with Crippen molar-refractivity contribution < 1.29 is 14.3 Å². The standard InChI is InChI=1S/C27H21IN2O3/c1-31-26-14-19(16-30-33-18-22-9-3-2-8-21(22)15-29)13-25(28)27(26)32-17-23-11-6-10-20-7-4-5-12-24(20)23/h2-14,16H,17-18H2,1H3/b30-16-. The second kappa shape index (κ2) is 10.8. The molecule has 6 heteroatoms. The van der Waals surface area contributed by atoms with Crippen molar-refractivity contribution in [3.8, 4) is 17.6 Å². The molecule has 0 saturated heterocycles. The minimum absolute atomic E-state index is 0.223. The fourth-order valence-electron chi connectivity index (χ4n) is 3.48. The first-order valence-electron chi connectivity index (χ1n) is 10.3. The summed E-state index contributed by atoms with van der Waals surface area (Å²) in [7, 11) is 1.62. The van der Waals surface area contributed by atoms with E-state index < -0.39 is 0 Å². The van der Waals surface area contributed by atoms with Gasteiger partial charge in [0.1, 0.15) is 13.2 Å². The molecule has 0 unspecified atom stereocenters. The van der Waals surface area contributed by atoms with Crippen molar-refractivity contribution in [2.45, 2.75) is 13.2 Å². The molecule has 0 spiro atoms. The molecule has 0 atom stereocenters. The van der Waals surface area contributed by atoms with Crippen LogP contribution in [0.15, 0.2) is 84.0 Å². The first-order valence-corrected chi connectivity index (χ1v) is 11.4. The van der Waals surface area contributed by atoms with E-state index in [1.165, 1.54) is 10.8 Å². The fraction of sp³-hybridized carbons (Fsp3) is 0.111. The van der Waals surface area contributed by atoms with Crippen molar-refractivity contribution in [2.24, 2.45) is 5.16 Å². The number of nitrogens with zero attached hydrogens (tertiary/aromatic N) is 2. The van der Waals surface area contributed by atoms with E-state index in [-0.39, 0.29) is 6.61 Å². The zero-order valence-electron chi connectivity index (χ0n) is 18.0. The predicted molar refractivity (Wildman–Crippen MR) is 138 cm³/mol. The van der Waals surface area contributed by atoms with E-state index in [1.807, 2.05) is 48.5 Å². The average molecular weight is 548 g/mol. The Morgan fingerprint density at radius 1 is 0.939 bits per heavy atom. The van der Waals surface area contributed by atoms with Gasteiger partial charge < -0.3 is 14.3 Å². The minimum atomic E-state index is 0.223. The van der Waals surface area contributed by atoms with Crippen LogP contribution in [0.25, 0.3) is 10.8 Å². The summed E-state index contributed by atoms with van der Waals surface area (Å²) in [5, 5.41) is 15.6. The molecular formula is C27H21IN2O3. The van der Waals surface area contributed by atoms with E-state index in [0.29, 0.717) is 23.7 Å². The molecule has 0 fully saturated rings. The van der Waals surface area contributed by atoms with Gasteiger partial charge in [-0.2, -0.15) is 5.26 Å². The third-order valence-corrected chi connectivity index (χ3v) is 5.94. The number of hydrogen-bond donors (Lipinski definition) is 0. The Labute approximate surface area is 206 Å². The second-order valence-corrected chi connectivity index (χ2v) is 8.40. The lowest BCUT2D eigenvalue weighted by atomic mass is 10.1. The Bertz CT molecular complexity index is 1340. The SMILES string of the molecule is COc1cc(/C=N\OCc2ccccc2C#N)cc(I)c1OCc1cccc2ccccc12. The zero-order chi connectivity index (χ0) is 23.0. The maximum atomic E-state index is 9.17. The number of halogens is 1. The highest BCUT2D eigenvalue weighted by Gasteiger charge is 2.12. The Morgan fingerprint density at radius 2 is 1.70 bits per heavy atom. The molecule has 0 bridgehead atoms. The van der Waals surface area contributed by atoms with E-state index in [2.05, 4.69) is 58.1 Å². The molecule has 0 aliphatic heterocycles. The zero-order valence-corrected chi connectivity index (χ0v) is 20.2. The van der Waals surface area contributed by atoms with Crippen LogP contribution in [0.3, 0.4) is 0 Å². The molecule has 0 saturated carbocycles. The van der Waals surface area contributed by atoms with Crippen LogP contribution >= 0.6 is 22.6 Å². The van der Waals surface area contributed by atoms with E-state index in [1.54, 1.807) is 19.4 Å². The molecule has 0 aromatic heterocycles. The lowest BCUT2D eigenvalue weighted by molar-refractivity contribution is 0.132. The van der Waals surface area contributed by atoms with Gasteiger partial charge in [-0.25, -0.2) is 0 Å². The summed E-state index contributed by atoms with van der Waals surface area (Å²) < 4.78 is 12.7. The maximum absolute atomic E-state index is 9.17. The van der Waals surface area contributed by atoms with Gasteiger partial charge in [0.2, 0.25) is 0 Å². The number of fused-ring (bicyclic) bond motifs is 1. The van der Waals surface area contributed by atoms with Gasteiger partial charge in [0.05, 0.1) is 28.5 Å². The van der Waals surface area contributed by atoms with Crippen molar-refractivity contribution in [1.29, 1.82) is 5.26 Å². The van der Waals surface area contributed by atoms with E-state index in [9.17, 15) is 0 Å². The normalized spacial score (nSPS) is 10.8. The molecule has 5 nitrogen and oxygen atoms in total. The molecule has 0 heterocycles. The van der Waals surface area contributed by atoms with Crippen molar-refractivity contribution in [3.05, 3.63) is 105 Å². The average Bonchev–Trinajstić information content (AvgIpc) is 2.86. The number of ether oxygens (including phenoxy) is 2. The number of nitriles is 1. The van der Waals surface area contributed by atoms with Gasteiger partial charge >= 0.3 is 0 Å². The molecule has 0 amide bonds. The molecule has 0 aliphatic carbocycles. The lowest BCUT2D eigenvalue weighted by Gasteiger charge is -2.14. The number of benzene rings is 4. The van der Waals surface area contributed by atoms with Crippen LogP contribution < -0.4 is 9.47 Å².